The number of ketones is 1. The van der Waals surface area contributed by atoms with E-state index >= 15 is 0 Å². The van der Waals surface area contributed by atoms with Gasteiger partial charge in [0.25, 0.3) is 0 Å². The third-order valence-electron chi connectivity index (χ3n) is 2.16. The molecule has 0 aliphatic carbocycles. The van der Waals surface area contributed by atoms with Gasteiger partial charge in [-0.15, -0.1) is 0 Å². The zero-order valence-electron chi connectivity index (χ0n) is 11.4. The number of Topliss-reactive ketones (excluding diaryl/α,β-unsaturated/α-hetero) is 1. The molecule has 0 aliphatic heterocycles. The molecule has 0 aliphatic rings. The largest absolute Gasteiger partial charge is 0.352 e. The van der Waals surface area contributed by atoms with Crippen LogP contribution in [0.1, 0.15) is 60.8 Å². The van der Waals surface area contributed by atoms with Crippen molar-refractivity contribution in [2.75, 3.05) is 0 Å². The molecule has 0 aromatic heterocycles. The maximum absolute atomic E-state index is 11.6. The van der Waals surface area contributed by atoms with E-state index in [0.29, 0.717) is 19.3 Å². The summed E-state index contributed by atoms with van der Waals surface area (Å²) in [4.78, 5) is 23.1. The minimum Gasteiger partial charge on any atom is -0.352 e. The highest BCUT2D eigenvalue weighted by atomic mass is 16.1. The molecule has 0 aromatic carbocycles. The Hall–Kier alpha value is -0.860. The van der Waals surface area contributed by atoms with E-state index in [4.69, 9.17) is 0 Å². The average molecular weight is 227 g/mol. The number of nitrogens with one attached hydrogen (secondary N) is 1. The second-order valence-electron chi connectivity index (χ2n) is 6.32. The molecule has 0 fully saturated rings. The van der Waals surface area contributed by atoms with Gasteiger partial charge in [0.05, 0.1) is 0 Å². The summed E-state index contributed by atoms with van der Waals surface area (Å²) in [5.74, 6) is 0.241. The lowest BCUT2D eigenvalue weighted by Crippen LogP contribution is -2.40. The summed E-state index contributed by atoms with van der Waals surface area (Å²) in [7, 11) is 0. The summed E-state index contributed by atoms with van der Waals surface area (Å²) < 4.78 is 0. The van der Waals surface area contributed by atoms with Crippen molar-refractivity contribution in [3.8, 4) is 0 Å². The van der Waals surface area contributed by atoms with Crippen LogP contribution in [0.5, 0.6) is 0 Å². The van der Waals surface area contributed by atoms with Gasteiger partial charge < -0.3 is 5.32 Å². The van der Waals surface area contributed by atoms with Crippen LogP contribution in [0.3, 0.4) is 0 Å². The van der Waals surface area contributed by atoms with Crippen molar-refractivity contribution in [3.05, 3.63) is 0 Å². The molecule has 16 heavy (non-hydrogen) atoms. The van der Waals surface area contributed by atoms with E-state index in [1.54, 1.807) is 0 Å². The maximum atomic E-state index is 11.6. The second kappa shape index (κ2) is 5.46. The molecule has 0 rings (SSSR count). The predicted molar refractivity (Wildman–Crippen MR) is 66.2 cm³/mol. The van der Waals surface area contributed by atoms with Gasteiger partial charge in [-0.2, -0.15) is 0 Å². The van der Waals surface area contributed by atoms with E-state index < -0.39 is 0 Å². The van der Waals surface area contributed by atoms with Crippen LogP contribution in [0.15, 0.2) is 0 Å². The Morgan fingerprint density at radius 2 is 1.44 bits per heavy atom. The lowest BCUT2D eigenvalue weighted by atomic mass is 9.88. The molecule has 0 unspecified atom stereocenters. The summed E-state index contributed by atoms with van der Waals surface area (Å²) in [6, 6.07) is 0. The van der Waals surface area contributed by atoms with E-state index in [0.717, 1.165) is 0 Å². The van der Waals surface area contributed by atoms with Gasteiger partial charge in [-0.1, -0.05) is 20.8 Å². The number of amides is 1. The summed E-state index contributed by atoms with van der Waals surface area (Å²) >= 11 is 0. The molecule has 0 heterocycles. The van der Waals surface area contributed by atoms with Crippen LogP contribution in [0.25, 0.3) is 0 Å². The van der Waals surface area contributed by atoms with Crippen LogP contribution < -0.4 is 5.32 Å². The van der Waals surface area contributed by atoms with Crippen molar-refractivity contribution in [2.45, 2.75) is 66.3 Å². The van der Waals surface area contributed by atoms with E-state index in [2.05, 4.69) is 5.32 Å². The highest BCUT2D eigenvalue weighted by Crippen LogP contribution is 2.18. The number of carbonyl (C=O) groups excluding carboxylic acids is 2. The number of rotatable bonds is 4. The molecule has 0 aromatic rings. The fourth-order valence-corrected chi connectivity index (χ4v) is 1.27. The third kappa shape index (κ3) is 7.43. The first kappa shape index (κ1) is 15.1. The van der Waals surface area contributed by atoms with E-state index in [-0.39, 0.29) is 22.6 Å². The summed E-state index contributed by atoms with van der Waals surface area (Å²) in [6.45, 7) is 11.6. The Morgan fingerprint density at radius 3 is 1.81 bits per heavy atom. The smallest absolute Gasteiger partial charge is 0.220 e. The highest BCUT2D eigenvalue weighted by Gasteiger charge is 2.21. The Bertz CT molecular complexity index is 256. The molecular formula is C13H25NO2. The zero-order valence-corrected chi connectivity index (χ0v) is 11.4. The van der Waals surface area contributed by atoms with Crippen molar-refractivity contribution < 1.29 is 9.59 Å². The zero-order chi connectivity index (χ0) is 13.0. The lowest BCUT2D eigenvalue weighted by Gasteiger charge is -2.21. The van der Waals surface area contributed by atoms with Gasteiger partial charge in [-0.05, 0) is 27.2 Å². The Balaban J connectivity index is 3.84. The summed E-state index contributed by atoms with van der Waals surface area (Å²) in [5.41, 5.74) is -0.481. The third-order valence-corrected chi connectivity index (χ3v) is 2.16. The maximum Gasteiger partial charge on any atom is 0.220 e. The molecule has 0 spiro atoms. The van der Waals surface area contributed by atoms with Crippen molar-refractivity contribution in [2.24, 2.45) is 5.41 Å². The molecule has 1 N–H and O–H groups in total. The minimum atomic E-state index is -0.291. The van der Waals surface area contributed by atoms with Crippen molar-refractivity contribution in [1.82, 2.24) is 5.32 Å². The fraction of sp³-hybridized carbons (Fsp3) is 0.846. The second-order valence-corrected chi connectivity index (χ2v) is 6.32. The predicted octanol–water partition coefficient (Wildman–Crippen LogP) is 2.69. The van der Waals surface area contributed by atoms with Gasteiger partial charge in [0.2, 0.25) is 5.91 Å². The van der Waals surface area contributed by atoms with Crippen molar-refractivity contribution in [1.29, 1.82) is 0 Å². The van der Waals surface area contributed by atoms with Crippen LogP contribution in [0.4, 0.5) is 0 Å². The quantitative estimate of drug-likeness (QED) is 0.802. The molecule has 0 radical (unpaired) electrons. The van der Waals surface area contributed by atoms with E-state index in [9.17, 15) is 9.59 Å². The Labute approximate surface area is 99.0 Å². The molecular weight excluding hydrogens is 202 g/mol. The SMILES string of the molecule is CC(C)(C)NC(=O)CCCC(=O)C(C)(C)C. The fourth-order valence-electron chi connectivity index (χ4n) is 1.27. The number of carbonyl (C=O) groups is 2. The molecule has 3 nitrogen and oxygen atoms in total. The van der Waals surface area contributed by atoms with Crippen LogP contribution in [0, 0.1) is 5.41 Å². The first-order valence-corrected chi connectivity index (χ1v) is 5.87. The standard InChI is InChI=1S/C13H25NO2/c1-12(2,3)10(15)8-7-9-11(16)14-13(4,5)6/h7-9H2,1-6H3,(H,14,16). The normalized spacial score (nSPS) is 12.4. The average Bonchev–Trinajstić information content (AvgIpc) is 1.98. The molecule has 0 saturated carbocycles. The molecule has 0 atom stereocenters. The Kier molecular flexibility index (Phi) is 5.17. The van der Waals surface area contributed by atoms with Gasteiger partial charge in [0.15, 0.2) is 0 Å². The first-order chi connectivity index (χ1) is 7.02. The highest BCUT2D eigenvalue weighted by molar-refractivity contribution is 5.84. The van der Waals surface area contributed by atoms with Gasteiger partial charge >= 0.3 is 0 Å². The van der Waals surface area contributed by atoms with Crippen molar-refractivity contribution in [3.63, 3.8) is 0 Å². The first-order valence-electron chi connectivity index (χ1n) is 5.87. The van der Waals surface area contributed by atoms with Crippen LogP contribution in [0.2, 0.25) is 0 Å². The monoisotopic (exact) mass is 227 g/mol. The van der Waals surface area contributed by atoms with Crippen LogP contribution in [-0.4, -0.2) is 17.2 Å². The number of hydrogen-bond donors (Lipinski definition) is 1. The van der Waals surface area contributed by atoms with Crippen LogP contribution >= 0.6 is 0 Å². The molecule has 1 amide bonds. The molecule has 0 bridgehead atoms. The van der Waals surface area contributed by atoms with Gasteiger partial charge in [-0.25, -0.2) is 0 Å². The summed E-state index contributed by atoms with van der Waals surface area (Å²) in [5, 5.41) is 2.88. The molecule has 0 saturated heterocycles. The van der Waals surface area contributed by atoms with Gasteiger partial charge in [0, 0.05) is 23.8 Å². The number of hydrogen-bond acceptors (Lipinski definition) is 2. The molecule has 94 valence electrons. The molecule has 3 heteroatoms. The van der Waals surface area contributed by atoms with Crippen molar-refractivity contribution >= 4 is 11.7 Å². The minimum absolute atomic E-state index is 0.0224. The lowest BCUT2D eigenvalue weighted by molar-refractivity contribution is -0.126. The Morgan fingerprint density at radius 1 is 0.938 bits per heavy atom. The summed E-state index contributed by atoms with van der Waals surface area (Å²) in [6.07, 6.45) is 1.55. The van der Waals surface area contributed by atoms with Crippen LogP contribution in [-0.2, 0) is 9.59 Å². The van der Waals surface area contributed by atoms with Gasteiger partial charge in [-0.3, -0.25) is 9.59 Å². The van der Waals surface area contributed by atoms with E-state index in [1.807, 2.05) is 41.5 Å². The van der Waals surface area contributed by atoms with Gasteiger partial charge in [0.1, 0.15) is 5.78 Å². The van der Waals surface area contributed by atoms with E-state index in [1.165, 1.54) is 0 Å². The topological polar surface area (TPSA) is 46.2 Å².